The van der Waals surface area contributed by atoms with Gasteiger partial charge in [-0.25, -0.2) is 0 Å². The normalized spacial score (nSPS) is 11.9. The van der Waals surface area contributed by atoms with Crippen molar-refractivity contribution in [3.8, 4) is 34.3 Å². The molecule has 0 aliphatic carbocycles. The lowest BCUT2D eigenvalue weighted by atomic mass is 9.95. The molecule has 0 unspecified atom stereocenters. The molecule has 0 radical (unpaired) electrons. The highest BCUT2D eigenvalue weighted by Crippen LogP contribution is 2.39. The molecule has 4 rings (SSSR count). The predicted octanol–water partition coefficient (Wildman–Crippen LogP) is 0.779. The third kappa shape index (κ3) is 3.31. The Kier molecular flexibility index (Phi) is 5.84. The van der Waals surface area contributed by atoms with Crippen molar-refractivity contribution in [2.45, 2.75) is 19.9 Å². The lowest BCUT2D eigenvalue weighted by Crippen LogP contribution is -3.00. The highest BCUT2D eigenvalue weighted by atomic mass is 35.5. The first-order valence-electron chi connectivity index (χ1n) is 9.11. The number of hydrogen-bond acceptors (Lipinski definition) is 4. The van der Waals surface area contributed by atoms with E-state index in [0.717, 1.165) is 46.7 Å². The molecule has 0 saturated carbocycles. The molecule has 0 spiro atoms. The zero-order chi connectivity index (χ0) is 19.0. The fraction of sp³-hybridized carbons (Fsp3) is 0.318. The average Bonchev–Trinajstić information content (AvgIpc) is 2.71. The molecule has 0 amide bonds. The van der Waals surface area contributed by atoms with Crippen LogP contribution in [0.25, 0.3) is 22.0 Å². The minimum Gasteiger partial charge on any atom is -1.00 e. The van der Waals surface area contributed by atoms with Crippen LogP contribution in [0.1, 0.15) is 12.5 Å². The second-order valence-electron chi connectivity index (χ2n) is 6.53. The van der Waals surface area contributed by atoms with E-state index < -0.39 is 0 Å². The number of nitrogens with zero attached hydrogens (tertiary/aromatic N) is 1. The number of halogens is 1. The average molecular weight is 402 g/mol. The molecule has 0 atom stereocenters. The van der Waals surface area contributed by atoms with E-state index >= 15 is 0 Å². The summed E-state index contributed by atoms with van der Waals surface area (Å²) in [7, 11) is 5.00. The Morgan fingerprint density at radius 3 is 2.11 bits per heavy atom. The van der Waals surface area contributed by atoms with Gasteiger partial charge in [-0.3, -0.25) is 0 Å². The number of pyridine rings is 1. The molecule has 148 valence electrons. The molecule has 0 saturated heterocycles. The van der Waals surface area contributed by atoms with Gasteiger partial charge in [-0.2, -0.15) is 4.57 Å². The predicted molar refractivity (Wildman–Crippen MR) is 104 cm³/mol. The Balaban J connectivity index is 0.00000225. The number of aryl methyl sites for hydroxylation is 2. The first-order valence-corrected chi connectivity index (χ1v) is 9.11. The van der Waals surface area contributed by atoms with Gasteiger partial charge in [0.05, 0.1) is 33.5 Å². The van der Waals surface area contributed by atoms with Crippen LogP contribution in [-0.2, 0) is 13.0 Å². The van der Waals surface area contributed by atoms with Gasteiger partial charge in [0, 0.05) is 17.9 Å². The standard InChI is InChI=1S/C22H24NO4.ClH/c1-5-27-22-12-17-14(9-21(22)26-4)6-7-23-13-16-11-20(25-3)19(24-2)10-15(16)8-18(17)23;/h8-13H,5-7H2,1-4H3;1H/q+1;/p-1. The Morgan fingerprint density at radius 1 is 0.821 bits per heavy atom. The van der Waals surface area contributed by atoms with Crippen LogP contribution in [0.3, 0.4) is 0 Å². The maximum atomic E-state index is 5.79. The van der Waals surface area contributed by atoms with E-state index in [1.165, 1.54) is 16.8 Å². The van der Waals surface area contributed by atoms with Crippen molar-refractivity contribution >= 4 is 10.8 Å². The first kappa shape index (κ1) is 20.1. The van der Waals surface area contributed by atoms with Gasteiger partial charge in [0.25, 0.3) is 0 Å². The van der Waals surface area contributed by atoms with E-state index in [1.54, 1.807) is 21.3 Å². The summed E-state index contributed by atoms with van der Waals surface area (Å²) in [5.41, 5.74) is 3.62. The van der Waals surface area contributed by atoms with Crippen LogP contribution in [-0.4, -0.2) is 27.9 Å². The molecule has 1 aromatic heterocycles. The molecule has 2 aromatic carbocycles. The molecule has 0 N–H and O–H groups in total. The molecule has 6 heteroatoms. The number of rotatable bonds is 5. The second-order valence-corrected chi connectivity index (χ2v) is 6.53. The minimum absolute atomic E-state index is 0. The van der Waals surface area contributed by atoms with Gasteiger partial charge in [0.1, 0.15) is 0 Å². The zero-order valence-electron chi connectivity index (χ0n) is 16.5. The number of aromatic nitrogens is 1. The molecule has 2 heterocycles. The summed E-state index contributed by atoms with van der Waals surface area (Å²) in [5.74, 6) is 3.04. The molecular formula is C22H24ClNO4. The number of ether oxygens (including phenoxy) is 4. The van der Waals surface area contributed by atoms with Crippen molar-refractivity contribution < 1.29 is 35.9 Å². The van der Waals surface area contributed by atoms with Crippen molar-refractivity contribution in [3.63, 3.8) is 0 Å². The minimum atomic E-state index is 0. The summed E-state index contributed by atoms with van der Waals surface area (Å²) in [6, 6.07) is 10.4. The summed E-state index contributed by atoms with van der Waals surface area (Å²) in [6.07, 6.45) is 3.13. The van der Waals surface area contributed by atoms with Gasteiger partial charge in [-0.15, -0.1) is 0 Å². The number of hydrogen-bond donors (Lipinski definition) is 0. The third-order valence-corrected chi connectivity index (χ3v) is 5.07. The number of fused-ring (bicyclic) bond motifs is 4. The molecule has 0 bridgehead atoms. The summed E-state index contributed by atoms with van der Waals surface area (Å²) in [5, 5.41) is 2.24. The third-order valence-electron chi connectivity index (χ3n) is 5.07. The van der Waals surface area contributed by atoms with E-state index in [0.29, 0.717) is 6.61 Å². The van der Waals surface area contributed by atoms with Gasteiger partial charge in [0.2, 0.25) is 5.69 Å². The van der Waals surface area contributed by atoms with Crippen LogP contribution in [0.2, 0.25) is 0 Å². The first-order chi connectivity index (χ1) is 13.2. The fourth-order valence-corrected chi connectivity index (χ4v) is 3.75. The topological polar surface area (TPSA) is 40.8 Å². The van der Waals surface area contributed by atoms with Crippen molar-refractivity contribution in [1.29, 1.82) is 0 Å². The Morgan fingerprint density at radius 2 is 1.46 bits per heavy atom. The van der Waals surface area contributed by atoms with Gasteiger partial charge in [-0.1, -0.05) is 0 Å². The Labute approximate surface area is 171 Å². The molecule has 1 aliphatic heterocycles. The summed E-state index contributed by atoms with van der Waals surface area (Å²) in [6.45, 7) is 3.50. The van der Waals surface area contributed by atoms with Crippen molar-refractivity contribution in [2.75, 3.05) is 27.9 Å². The molecule has 3 aromatic rings. The van der Waals surface area contributed by atoms with Crippen molar-refractivity contribution in [1.82, 2.24) is 0 Å². The van der Waals surface area contributed by atoms with E-state index in [9.17, 15) is 0 Å². The Hall–Kier alpha value is -2.66. The lowest BCUT2D eigenvalue weighted by Gasteiger charge is -2.19. The summed E-state index contributed by atoms with van der Waals surface area (Å²) >= 11 is 0. The largest absolute Gasteiger partial charge is 1.00 e. The van der Waals surface area contributed by atoms with Gasteiger partial charge < -0.3 is 31.4 Å². The van der Waals surface area contributed by atoms with Crippen LogP contribution >= 0.6 is 0 Å². The molecule has 28 heavy (non-hydrogen) atoms. The van der Waals surface area contributed by atoms with Gasteiger partial charge in [0.15, 0.2) is 35.7 Å². The molecule has 0 fully saturated rings. The Bertz CT molecular complexity index is 1020. The van der Waals surface area contributed by atoms with Crippen molar-refractivity contribution in [2.24, 2.45) is 0 Å². The van der Waals surface area contributed by atoms with Gasteiger partial charge >= 0.3 is 0 Å². The molecule has 5 nitrogen and oxygen atoms in total. The van der Waals surface area contributed by atoms with Crippen LogP contribution < -0.4 is 35.9 Å². The molecular weight excluding hydrogens is 378 g/mol. The summed E-state index contributed by atoms with van der Waals surface area (Å²) in [4.78, 5) is 0. The van der Waals surface area contributed by atoms with E-state index in [1.807, 2.05) is 19.1 Å². The second kappa shape index (κ2) is 8.15. The van der Waals surface area contributed by atoms with Crippen LogP contribution in [0.4, 0.5) is 0 Å². The highest BCUT2D eigenvalue weighted by Gasteiger charge is 2.26. The maximum Gasteiger partial charge on any atom is 0.213 e. The van der Waals surface area contributed by atoms with E-state index in [2.05, 4.69) is 29.0 Å². The van der Waals surface area contributed by atoms with Crippen molar-refractivity contribution in [3.05, 3.63) is 42.1 Å². The van der Waals surface area contributed by atoms with E-state index in [4.69, 9.17) is 18.9 Å². The zero-order valence-corrected chi connectivity index (χ0v) is 17.3. The van der Waals surface area contributed by atoms with Gasteiger partial charge in [-0.05, 0) is 42.1 Å². The maximum absolute atomic E-state index is 5.79. The smallest absolute Gasteiger partial charge is 0.213 e. The number of benzene rings is 2. The fourth-order valence-electron chi connectivity index (χ4n) is 3.75. The SMILES string of the molecule is CCOc1cc2c(cc1OC)CC[n+]1cc3cc(OC)c(OC)cc3cc1-2.[Cl-]. The summed E-state index contributed by atoms with van der Waals surface area (Å²) < 4.78 is 24.5. The van der Waals surface area contributed by atoms with E-state index in [-0.39, 0.29) is 12.4 Å². The van der Waals surface area contributed by atoms with Crippen LogP contribution in [0.15, 0.2) is 36.5 Å². The quantitative estimate of drug-likeness (QED) is 0.592. The highest BCUT2D eigenvalue weighted by molar-refractivity contribution is 5.87. The van der Waals surface area contributed by atoms with Crippen LogP contribution in [0.5, 0.6) is 23.0 Å². The monoisotopic (exact) mass is 401 g/mol. The lowest BCUT2D eigenvalue weighted by molar-refractivity contribution is -0.686. The van der Waals surface area contributed by atoms with Crippen LogP contribution in [0, 0.1) is 0 Å². The number of methoxy groups -OCH3 is 3. The molecule has 1 aliphatic rings.